The Morgan fingerprint density at radius 3 is 0.811 bits per heavy atom. The second-order valence-corrected chi connectivity index (χ2v) is 35.5. The number of carboxylic acid groups (broad SMARTS) is 3. The number of fused-ring (bicyclic) bond motifs is 8. The van der Waals surface area contributed by atoms with Crippen LogP contribution in [0.4, 0.5) is 22.7 Å². The zero-order valence-corrected chi connectivity index (χ0v) is 82.2. The lowest BCUT2D eigenvalue weighted by Gasteiger charge is -2.14. The molecule has 31 nitrogen and oxygen atoms in total. The van der Waals surface area contributed by atoms with Crippen LogP contribution in [0.3, 0.4) is 0 Å². The van der Waals surface area contributed by atoms with Crippen LogP contribution in [-0.4, -0.2) is 172 Å². The van der Waals surface area contributed by atoms with Gasteiger partial charge in [0.05, 0.1) is 78.4 Å². The first-order valence-electron chi connectivity index (χ1n) is 46.7. The number of anilines is 4. The van der Waals surface area contributed by atoms with Crippen molar-refractivity contribution in [1.82, 2.24) is 25.8 Å². The van der Waals surface area contributed by atoms with Crippen molar-refractivity contribution in [2.75, 3.05) is 54.8 Å². The highest BCUT2D eigenvalue weighted by atomic mass is 16.4. The predicted molar refractivity (Wildman–Crippen MR) is 561 cm³/mol. The minimum absolute atomic E-state index is 0.0112. The Morgan fingerprint density at radius 1 is 0.284 bits per heavy atom. The molecule has 6 heterocycles. The van der Waals surface area contributed by atoms with Gasteiger partial charge in [0, 0.05) is 90.2 Å². The number of imide groups is 6. The largest absolute Gasteiger partial charge is 0.508 e. The summed E-state index contributed by atoms with van der Waals surface area (Å²) < 4.78 is 0. The van der Waals surface area contributed by atoms with Gasteiger partial charge in [-0.2, -0.15) is 0 Å². The Morgan fingerprint density at radius 2 is 0.520 bits per heavy atom. The van der Waals surface area contributed by atoms with Crippen molar-refractivity contribution >= 4 is 194 Å². The lowest BCUT2D eigenvalue weighted by atomic mass is 9.97. The van der Waals surface area contributed by atoms with E-state index in [0.29, 0.717) is 57.8 Å². The molecule has 4 atom stereocenters. The number of terminal acetylenes is 1. The molecule has 21 rings (SSSR count). The summed E-state index contributed by atoms with van der Waals surface area (Å²) in [7, 11) is 7.46. The minimum Gasteiger partial charge on any atom is -0.508 e. The maximum absolute atomic E-state index is 12.0. The van der Waals surface area contributed by atoms with E-state index in [1.165, 1.54) is 84.0 Å². The number of aryl methyl sites for hydroxylation is 2. The molecule has 15 aromatic rings. The van der Waals surface area contributed by atoms with Gasteiger partial charge in [0.15, 0.2) is 0 Å². The van der Waals surface area contributed by atoms with Gasteiger partial charge in [-0.1, -0.05) is 178 Å². The third kappa shape index (κ3) is 23.6. The van der Waals surface area contributed by atoms with E-state index in [2.05, 4.69) is 34.0 Å². The number of carboxylic acids is 3. The molecule has 0 bridgehead atoms. The number of amides is 15. The van der Waals surface area contributed by atoms with Gasteiger partial charge in [-0.25, -0.2) is 14.4 Å². The average Bonchev–Trinajstić information content (AvgIpc) is 0.911. The number of benzene rings is 15. The molecule has 15 aromatic carbocycles. The molecular formula is C117H101N9O22. The summed E-state index contributed by atoms with van der Waals surface area (Å²) in [5.74, 6) is -4.62. The Hall–Kier alpha value is -19.1. The summed E-state index contributed by atoms with van der Waals surface area (Å²) in [5, 5.41) is 55.2. The fourth-order valence-corrected chi connectivity index (χ4v) is 17.0. The highest BCUT2D eigenvalue weighted by molar-refractivity contribution is 6.27. The van der Waals surface area contributed by atoms with Crippen LogP contribution in [0.25, 0.3) is 64.6 Å². The van der Waals surface area contributed by atoms with Gasteiger partial charge in [-0.05, 0) is 236 Å². The number of nitrogens with zero attached hydrogens (tertiary/aromatic N) is 6. The molecule has 0 saturated carbocycles. The van der Waals surface area contributed by atoms with E-state index in [4.69, 9.17) is 21.7 Å². The number of carbonyl (C=O) groups excluding carboxylic acids is 15. The topological polar surface area (TPSA) is 444 Å². The lowest BCUT2D eigenvalue weighted by Crippen LogP contribution is -2.29. The molecule has 15 amide bonds. The Labute approximate surface area is 849 Å². The van der Waals surface area contributed by atoms with Gasteiger partial charge in [0.25, 0.3) is 41.4 Å². The summed E-state index contributed by atoms with van der Waals surface area (Å²) in [4.78, 5) is 216. The van der Waals surface area contributed by atoms with Crippen molar-refractivity contribution in [2.45, 2.75) is 67.2 Å². The van der Waals surface area contributed by atoms with Crippen LogP contribution in [0.5, 0.6) is 5.75 Å². The van der Waals surface area contributed by atoms with Crippen LogP contribution >= 0.6 is 0 Å². The number of nitrogens with one attached hydrogen (secondary N) is 3. The molecule has 4 fully saturated rings. The fraction of sp³-hybridized carbons (Fsp3) is 0.162. The zero-order chi connectivity index (χ0) is 107. The smallest absolute Gasteiger partial charge is 0.336 e. The summed E-state index contributed by atoms with van der Waals surface area (Å²) >= 11 is 0. The van der Waals surface area contributed by atoms with E-state index in [0.717, 1.165) is 86.2 Å². The Bertz CT molecular complexity index is 7780. The van der Waals surface area contributed by atoms with Gasteiger partial charge in [-0.3, -0.25) is 101 Å². The van der Waals surface area contributed by atoms with Crippen molar-refractivity contribution in [3.63, 3.8) is 0 Å². The number of hydrogen-bond donors (Lipinski definition) is 7. The molecule has 0 spiro atoms. The summed E-state index contributed by atoms with van der Waals surface area (Å²) in [6.45, 7) is 10.8. The first kappa shape index (κ1) is 106. The number of phenols is 1. The van der Waals surface area contributed by atoms with E-state index in [1.807, 2.05) is 171 Å². The van der Waals surface area contributed by atoms with Gasteiger partial charge < -0.3 is 36.4 Å². The van der Waals surface area contributed by atoms with Crippen molar-refractivity contribution in [3.8, 4) is 18.1 Å². The molecule has 6 aliphatic heterocycles. The first-order valence-corrected chi connectivity index (χ1v) is 46.7. The van der Waals surface area contributed by atoms with Gasteiger partial charge in [-0.15, -0.1) is 6.42 Å². The molecule has 6 aliphatic rings. The van der Waals surface area contributed by atoms with E-state index >= 15 is 0 Å². The van der Waals surface area contributed by atoms with Crippen LogP contribution < -0.4 is 35.6 Å². The normalized spacial score (nSPS) is 15.6. The fourth-order valence-electron chi connectivity index (χ4n) is 17.0. The van der Waals surface area contributed by atoms with E-state index in [1.54, 1.807) is 126 Å². The molecule has 746 valence electrons. The molecule has 4 saturated heterocycles. The zero-order valence-electron chi connectivity index (χ0n) is 82.2. The van der Waals surface area contributed by atoms with Crippen molar-refractivity contribution in [1.29, 1.82) is 0 Å². The average molecular weight is 1990 g/mol. The molecule has 0 aromatic heterocycles. The molecule has 0 radical (unpaired) electrons. The van der Waals surface area contributed by atoms with Crippen molar-refractivity contribution < 1.29 is 107 Å². The molecule has 0 aliphatic carbocycles. The number of aromatic hydroxyl groups is 1. The number of rotatable bonds is 10. The molecule has 148 heavy (non-hydrogen) atoms. The third-order valence-electron chi connectivity index (χ3n) is 25.1. The van der Waals surface area contributed by atoms with E-state index in [9.17, 15) is 91.4 Å². The van der Waals surface area contributed by atoms with Crippen LogP contribution in [0.2, 0.25) is 0 Å². The standard InChI is InChI=1S/C17H13NO3.C17H11NO2.C13H11NO3.C13H9NO2.C13H11NO2.C12H13NO2.C11H11NO3.C11H11NO2.C10H11NO3/c1-18-16(19)14-8-12-6-10-4-2-3-5-11(10)7-13(12)9-15(14)17(20)21;1-18-16(19)14-8-12-6-10-4-2-3-5-11(10)7-13(12)9-15(14)17(18)20;1-14-12(15)10-6-8-4-2-3-5-9(8)7-11(10)13(16)17;1-14-12(15)10-6-8-4-2-3-5-9(8)7-11(10)13(14)16;1-3-10-4-6-11(7-5-10)14-12(15)8-9(2)13(14)16;1-8-3-5-10(6-4-8)13-11(14)7-9(2)12(13)15;1-7-6-10(14)12(11(7)15)8-2-4-9(13)5-3-8;1-8-7-10(13)12(11(8)14)9-5-3-2-4-6-9;1-6-3-4-7(10(13)14)8(5-6)9(12)11-2/h2-9H,1H3,(H,18,19)(H,20,21);2-9H,1H3;2-7H,1H3,(H,14,15)(H,16,17);2-7H,1H3;1,4-7,9H,8H2,2H3;3-6,9H,7H2,1-2H3;2-5,7,13H,6H2,1H3;2-6,8H,7H2,1H3;3-5H,1-2H3,(H,11,12)(H,13,14). The van der Waals surface area contributed by atoms with E-state index in [-0.39, 0.29) is 152 Å². The van der Waals surface area contributed by atoms with Crippen LogP contribution in [0.1, 0.15) is 174 Å². The highest BCUT2D eigenvalue weighted by Crippen LogP contribution is 2.36. The third-order valence-corrected chi connectivity index (χ3v) is 25.1. The number of aromatic carboxylic acids is 3. The van der Waals surface area contributed by atoms with Gasteiger partial charge in [0.2, 0.25) is 47.3 Å². The SMILES string of the molecule is C#Cc1ccc(N2C(=O)CC(C)C2=O)cc1.CC1CC(=O)N(c2ccc(O)cc2)C1=O.CC1CC(=O)N(c2ccccc2)C1=O.CN1C(=O)c2cc3cc4ccccc4cc3cc2C1=O.CN1C(=O)c2cc3ccccc3cc2C1=O.CNC(=O)c1cc(C)ccc1C(=O)O.CNC(=O)c1cc2cc3ccccc3cc2cc1C(=O)O.CNC(=O)c1cc2ccccc2cc1C(=O)O.Cc1ccc(N2C(=O)CC(C)C2=O)cc1. The maximum atomic E-state index is 12.0. The van der Waals surface area contributed by atoms with Crippen molar-refractivity contribution in [2.24, 2.45) is 23.7 Å². The maximum Gasteiger partial charge on any atom is 0.336 e. The number of carbonyl (C=O) groups is 18. The quantitative estimate of drug-likeness (QED) is 0.0380. The van der Waals surface area contributed by atoms with Crippen LogP contribution in [-0.2, 0) is 38.4 Å². The lowest BCUT2D eigenvalue weighted by molar-refractivity contribution is -0.123. The monoisotopic (exact) mass is 1980 g/mol. The summed E-state index contributed by atoms with van der Waals surface area (Å²) in [6, 6.07) is 86.4. The Balaban J connectivity index is 0.000000139. The number of hydrogen-bond acceptors (Lipinski definition) is 19. The highest BCUT2D eigenvalue weighted by Gasteiger charge is 2.41. The predicted octanol–water partition coefficient (Wildman–Crippen LogP) is 17.6. The van der Waals surface area contributed by atoms with Crippen LogP contribution in [0, 0.1) is 49.9 Å². The Kier molecular flexibility index (Phi) is 33.2. The number of para-hydroxylation sites is 1. The number of phenolic OH excluding ortho intramolecular Hbond substituents is 1. The molecule has 7 N–H and O–H groups in total. The minimum atomic E-state index is -1.11. The molecular weight excluding hydrogens is 1880 g/mol. The van der Waals surface area contributed by atoms with Crippen molar-refractivity contribution in [3.05, 3.63) is 364 Å². The van der Waals surface area contributed by atoms with E-state index < -0.39 is 29.7 Å². The second-order valence-electron chi connectivity index (χ2n) is 35.5. The first-order chi connectivity index (χ1) is 70.6. The van der Waals surface area contributed by atoms with Crippen LogP contribution in [0.15, 0.2) is 291 Å². The second kappa shape index (κ2) is 46.3. The van der Waals surface area contributed by atoms with Gasteiger partial charge in [0.1, 0.15) is 5.75 Å². The summed E-state index contributed by atoms with van der Waals surface area (Å²) in [6.07, 6.45) is 6.44. The summed E-state index contributed by atoms with van der Waals surface area (Å²) in [5.41, 5.74) is 7.78. The molecule has 4 unspecified atom stereocenters. The van der Waals surface area contributed by atoms with Gasteiger partial charge >= 0.3 is 17.9 Å². The molecule has 31 heteroatoms.